The van der Waals surface area contributed by atoms with Gasteiger partial charge in [-0.15, -0.1) is 0 Å². The van der Waals surface area contributed by atoms with Crippen LogP contribution in [0.25, 0.3) is 11.0 Å². The molecule has 0 aliphatic heterocycles. The Bertz CT molecular complexity index is 908. The molecule has 1 amide bonds. The van der Waals surface area contributed by atoms with Crippen molar-refractivity contribution < 1.29 is 4.79 Å². The minimum absolute atomic E-state index is 0.0935. The van der Waals surface area contributed by atoms with E-state index in [2.05, 4.69) is 31.2 Å². The van der Waals surface area contributed by atoms with Crippen LogP contribution in [0.2, 0.25) is 0 Å². The molecule has 0 spiro atoms. The van der Waals surface area contributed by atoms with Gasteiger partial charge in [0.05, 0.1) is 22.4 Å². The van der Waals surface area contributed by atoms with E-state index < -0.39 is 0 Å². The Morgan fingerprint density at radius 2 is 1.75 bits per heavy atom. The van der Waals surface area contributed by atoms with Crippen molar-refractivity contribution in [2.24, 2.45) is 0 Å². The molecular weight excluding hydrogens is 366 g/mol. The molecule has 1 heterocycles. The molecule has 3 aromatic rings. The average Bonchev–Trinajstić information content (AvgIpc) is 2.57. The summed E-state index contributed by atoms with van der Waals surface area (Å²) in [4.78, 5) is 21.3. The number of halogens is 1. The molecule has 0 aliphatic rings. The fraction of sp³-hybridized carbons (Fsp3) is 0.211. The molecule has 1 N–H and O–H groups in total. The fourth-order valence-electron chi connectivity index (χ4n) is 2.49. The number of nitrogens with one attached hydrogen (secondary N) is 1. The van der Waals surface area contributed by atoms with E-state index in [1.807, 2.05) is 44.2 Å². The van der Waals surface area contributed by atoms with Crippen LogP contribution in [0.5, 0.6) is 0 Å². The maximum atomic E-state index is 12.3. The molecule has 0 saturated heterocycles. The van der Waals surface area contributed by atoms with Crippen LogP contribution < -0.4 is 5.32 Å². The lowest BCUT2D eigenvalue weighted by Crippen LogP contribution is -2.25. The van der Waals surface area contributed by atoms with Gasteiger partial charge in [-0.3, -0.25) is 4.79 Å². The second-order valence-electron chi connectivity index (χ2n) is 5.70. The maximum Gasteiger partial charge on any atom is 0.251 e. The highest BCUT2D eigenvalue weighted by Crippen LogP contribution is 2.16. The molecule has 1 aromatic heterocycles. The van der Waals surface area contributed by atoms with Crippen molar-refractivity contribution in [1.82, 2.24) is 15.3 Å². The normalized spacial score (nSPS) is 10.8. The number of aromatic nitrogens is 2. The number of carbonyl (C=O) groups is 1. The van der Waals surface area contributed by atoms with E-state index in [4.69, 9.17) is 0 Å². The monoisotopic (exact) mass is 383 g/mol. The first-order valence-electron chi connectivity index (χ1n) is 7.81. The Kier molecular flexibility index (Phi) is 4.90. The molecule has 3 rings (SSSR count). The van der Waals surface area contributed by atoms with E-state index >= 15 is 0 Å². The fourth-order valence-corrected chi connectivity index (χ4v) is 2.97. The van der Waals surface area contributed by atoms with Gasteiger partial charge in [0.25, 0.3) is 5.91 Å². The second-order valence-corrected chi connectivity index (χ2v) is 6.55. The van der Waals surface area contributed by atoms with Crippen LogP contribution >= 0.6 is 15.9 Å². The van der Waals surface area contributed by atoms with E-state index in [0.29, 0.717) is 12.1 Å². The number of benzene rings is 2. The zero-order valence-corrected chi connectivity index (χ0v) is 15.2. The summed E-state index contributed by atoms with van der Waals surface area (Å²) in [6.45, 7) is 4.44. The van der Waals surface area contributed by atoms with Crippen LogP contribution in [0, 0.1) is 13.8 Å². The molecule has 122 valence electrons. The number of hydrogen-bond acceptors (Lipinski definition) is 3. The standard InChI is InChI=1S/C19H18BrN3O/c1-12-13(2)23-18-11-15(7-8-17(18)22-12)19(24)21-10-9-14-5-3-4-6-16(14)20/h3-8,11H,9-10H2,1-2H3,(H,21,24). The van der Waals surface area contributed by atoms with E-state index in [-0.39, 0.29) is 5.91 Å². The lowest BCUT2D eigenvalue weighted by atomic mass is 10.1. The van der Waals surface area contributed by atoms with Gasteiger partial charge < -0.3 is 5.32 Å². The summed E-state index contributed by atoms with van der Waals surface area (Å²) in [5.41, 5.74) is 5.13. The Balaban J connectivity index is 1.70. The van der Waals surface area contributed by atoms with Gasteiger partial charge >= 0.3 is 0 Å². The summed E-state index contributed by atoms with van der Waals surface area (Å²) in [5, 5.41) is 2.96. The largest absolute Gasteiger partial charge is 0.352 e. The molecule has 0 bridgehead atoms. The highest BCUT2D eigenvalue weighted by Gasteiger charge is 2.09. The molecule has 0 radical (unpaired) electrons. The number of carbonyl (C=O) groups excluding carboxylic acids is 1. The summed E-state index contributed by atoms with van der Waals surface area (Å²) in [5.74, 6) is -0.0935. The predicted molar refractivity (Wildman–Crippen MR) is 99.2 cm³/mol. The highest BCUT2D eigenvalue weighted by atomic mass is 79.9. The molecule has 0 atom stereocenters. The van der Waals surface area contributed by atoms with Crippen molar-refractivity contribution >= 4 is 32.9 Å². The number of rotatable bonds is 4. The molecule has 0 aliphatic carbocycles. The molecule has 0 saturated carbocycles. The molecule has 2 aromatic carbocycles. The molecule has 5 heteroatoms. The van der Waals surface area contributed by atoms with Gasteiger partial charge in [-0.25, -0.2) is 9.97 Å². The number of amides is 1. The number of aryl methyl sites for hydroxylation is 2. The lowest BCUT2D eigenvalue weighted by Gasteiger charge is -2.08. The van der Waals surface area contributed by atoms with E-state index in [1.165, 1.54) is 5.56 Å². The highest BCUT2D eigenvalue weighted by molar-refractivity contribution is 9.10. The molecule has 4 nitrogen and oxygen atoms in total. The Labute approximate surface area is 149 Å². The van der Waals surface area contributed by atoms with Crippen molar-refractivity contribution in [3.63, 3.8) is 0 Å². The third-order valence-electron chi connectivity index (χ3n) is 3.98. The SMILES string of the molecule is Cc1nc2ccc(C(=O)NCCc3ccccc3Br)cc2nc1C. The zero-order chi connectivity index (χ0) is 17.1. The first-order chi connectivity index (χ1) is 11.5. The third kappa shape index (κ3) is 3.62. The van der Waals surface area contributed by atoms with Crippen molar-refractivity contribution in [2.75, 3.05) is 6.54 Å². The molecule has 24 heavy (non-hydrogen) atoms. The molecule has 0 fully saturated rings. The smallest absolute Gasteiger partial charge is 0.251 e. The number of hydrogen-bond donors (Lipinski definition) is 1. The van der Waals surface area contributed by atoms with Gasteiger partial charge in [0, 0.05) is 16.6 Å². The Morgan fingerprint density at radius 3 is 2.50 bits per heavy atom. The van der Waals surface area contributed by atoms with Gasteiger partial charge in [-0.2, -0.15) is 0 Å². The number of fused-ring (bicyclic) bond motifs is 1. The van der Waals surface area contributed by atoms with Gasteiger partial charge in [0.15, 0.2) is 0 Å². The summed E-state index contributed by atoms with van der Waals surface area (Å²) < 4.78 is 1.06. The van der Waals surface area contributed by atoms with Gasteiger partial charge in [0.1, 0.15) is 0 Å². The van der Waals surface area contributed by atoms with Crippen molar-refractivity contribution in [1.29, 1.82) is 0 Å². The zero-order valence-electron chi connectivity index (χ0n) is 13.6. The van der Waals surface area contributed by atoms with Crippen LogP contribution in [0.4, 0.5) is 0 Å². The van der Waals surface area contributed by atoms with Gasteiger partial charge in [0.2, 0.25) is 0 Å². The van der Waals surface area contributed by atoms with Gasteiger partial charge in [-0.05, 0) is 50.1 Å². The van der Waals surface area contributed by atoms with Crippen LogP contribution in [0.3, 0.4) is 0 Å². The first kappa shape index (κ1) is 16.6. The van der Waals surface area contributed by atoms with Crippen LogP contribution in [-0.2, 0) is 6.42 Å². The second kappa shape index (κ2) is 7.09. The Hall–Kier alpha value is -2.27. The minimum Gasteiger partial charge on any atom is -0.352 e. The maximum absolute atomic E-state index is 12.3. The van der Waals surface area contributed by atoms with Gasteiger partial charge in [-0.1, -0.05) is 34.1 Å². The van der Waals surface area contributed by atoms with Crippen molar-refractivity contribution in [2.45, 2.75) is 20.3 Å². The van der Waals surface area contributed by atoms with Crippen molar-refractivity contribution in [3.05, 3.63) is 69.5 Å². The predicted octanol–water partition coefficient (Wildman–Crippen LogP) is 3.98. The summed E-state index contributed by atoms with van der Waals surface area (Å²) in [7, 11) is 0. The van der Waals surface area contributed by atoms with E-state index in [0.717, 1.165) is 33.3 Å². The minimum atomic E-state index is -0.0935. The van der Waals surface area contributed by atoms with Crippen LogP contribution in [0.15, 0.2) is 46.9 Å². The van der Waals surface area contributed by atoms with Crippen molar-refractivity contribution in [3.8, 4) is 0 Å². The van der Waals surface area contributed by atoms with E-state index in [1.54, 1.807) is 12.1 Å². The van der Waals surface area contributed by atoms with Crippen LogP contribution in [-0.4, -0.2) is 22.4 Å². The molecular formula is C19H18BrN3O. The summed E-state index contributed by atoms with van der Waals surface area (Å²) in [6.07, 6.45) is 0.777. The topological polar surface area (TPSA) is 54.9 Å². The lowest BCUT2D eigenvalue weighted by molar-refractivity contribution is 0.0954. The quantitative estimate of drug-likeness (QED) is 0.740. The van der Waals surface area contributed by atoms with Crippen LogP contribution in [0.1, 0.15) is 27.3 Å². The summed E-state index contributed by atoms with van der Waals surface area (Å²) in [6, 6.07) is 13.5. The average molecular weight is 384 g/mol. The van der Waals surface area contributed by atoms with E-state index in [9.17, 15) is 4.79 Å². The Morgan fingerprint density at radius 1 is 1.04 bits per heavy atom. The third-order valence-corrected chi connectivity index (χ3v) is 4.75. The summed E-state index contributed by atoms with van der Waals surface area (Å²) >= 11 is 3.52. The first-order valence-corrected chi connectivity index (χ1v) is 8.60. The number of nitrogens with zero attached hydrogens (tertiary/aromatic N) is 2. The molecule has 0 unspecified atom stereocenters.